The summed E-state index contributed by atoms with van der Waals surface area (Å²) in [6, 6.07) is 12.4. The second kappa shape index (κ2) is 8.45. The molecular weight excluding hydrogens is 469 g/mol. The summed E-state index contributed by atoms with van der Waals surface area (Å²) in [7, 11) is 0. The van der Waals surface area contributed by atoms with Crippen LogP contribution in [0.25, 0.3) is 22.5 Å². The predicted molar refractivity (Wildman–Crippen MR) is 114 cm³/mol. The zero-order chi connectivity index (χ0) is 19.7. The van der Waals surface area contributed by atoms with Gasteiger partial charge >= 0.3 is 0 Å². The van der Waals surface area contributed by atoms with Crippen molar-refractivity contribution in [1.82, 2.24) is 4.98 Å². The Kier molecular flexibility index (Phi) is 6.43. The van der Waals surface area contributed by atoms with Crippen molar-refractivity contribution in [3.8, 4) is 28.6 Å². The van der Waals surface area contributed by atoms with Gasteiger partial charge < -0.3 is 0 Å². The zero-order valence-electron chi connectivity index (χ0n) is 13.3. The number of hydrogen-bond acceptors (Lipinski definition) is 2. The molecule has 0 aliphatic carbocycles. The van der Waals surface area contributed by atoms with Gasteiger partial charge in [-0.05, 0) is 35.9 Å². The van der Waals surface area contributed by atoms with Crippen molar-refractivity contribution in [2.24, 2.45) is 0 Å². The Morgan fingerprint density at radius 2 is 1.26 bits per heavy atom. The third kappa shape index (κ3) is 4.00. The van der Waals surface area contributed by atoms with Gasteiger partial charge in [0.2, 0.25) is 0 Å². The van der Waals surface area contributed by atoms with E-state index in [0.29, 0.717) is 38.1 Å². The molecule has 3 rings (SSSR count). The fourth-order valence-corrected chi connectivity index (χ4v) is 3.79. The molecule has 0 saturated carbocycles. The lowest BCUT2D eigenvalue weighted by molar-refractivity contribution is 1.20. The quantitative estimate of drug-likeness (QED) is 0.356. The first kappa shape index (κ1) is 20.6. The number of nitriles is 1. The molecule has 8 heteroatoms. The highest BCUT2D eigenvalue weighted by Crippen LogP contribution is 2.41. The molecular formula is C19H8Cl6N2. The van der Waals surface area contributed by atoms with E-state index in [2.05, 4.69) is 11.1 Å². The fraction of sp³-hybridized carbons (Fsp3) is 0.0526. The van der Waals surface area contributed by atoms with E-state index in [-0.39, 0.29) is 26.5 Å². The lowest BCUT2D eigenvalue weighted by atomic mass is 10.0. The second-order valence-electron chi connectivity index (χ2n) is 5.48. The van der Waals surface area contributed by atoms with Crippen LogP contribution in [0.3, 0.4) is 0 Å². The molecule has 2 nitrogen and oxygen atoms in total. The Hall–Kier alpha value is -1.18. The molecule has 0 bridgehead atoms. The van der Waals surface area contributed by atoms with E-state index in [9.17, 15) is 0 Å². The molecule has 0 unspecified atom stereocenters. The van der Waals surface area contributed by atoms with Gasteiger partial charge in [0.1, 0.15) is 0 Å². The van der Waals surface area contributed by atoms with Gasteiger partial charge in [0, 0.05) is 11.1 Å². The van der Waals surface area contributed by atoms with Crippen LogP contribution >= 0.6 is 69.6 Å². The molecule has 0 amide bonds. The number of benzene rings is 2. The third-order valence-electron chi connectivity index (χ3n) is 3.85. The first-order valence-electron chi connectivity index (χ1n) is 7.49. The van der Waals surface area contributed by atoms with E-state index in [0.717, 1.165) is 0 Å². The fourth-order valence-electron chi connectivity index (χ4n) is 2.53. The van der Waals surface area contributed by atoms with E-state index in [1.165, 1.54) is 0 Å². The average Bonchev–Trinajstić information content (AvgIpc) is 2.65. The van der Waals surface area contributed by atoms with E-state index in [1.807, 2.05) is 0 Å². The molecule has 3 aromatic rings. The van der Waals surface area contributed by atoms with Crippen molar-refractivity contribution in [1.29, 1.82) is 5.26 Å². The van der Waals surface area contributed by atoms with Gasteiger partial charge in [0.05, 0.1) is 54.0 Å². The number of aromatic nitrogens is 1. The van der Waals surface area contributed by atoms with Gasteiger partial charge in [-0.3, -0.25) is 0 Å². The van der Waals surface area contributed by atoms with Crippen LogP contribution in [0.15, 0.2) is 36.4 Å². The van der Waals surface area contributed by atoms with Crippen molar-refractivity contribution in [2.75, 3.05) is 0 Å². The van der Waals surface area contributed by atoms with Crippen LogP contribution in [0.5, 0.6) is 0 Å². The van der Waals surface area contributed by atoms with Crippen molar-refractivity contribution in [2.45, 2.75) is 6.42 Å². The van der Waals surface area contributed by atoms with Crippen molar-refractivity contribution in [3.63, 3.8) is 0 Å². The number of rotatable bonds is 3. The molecule has 0 aliphatic rings. The van der Waals surface area contributed by atoms with E-state index in [4.69, 9.17) is 74.9 Å². The van der Waals surface area contributed by atoms with Gasteiger partial charge in [0.15, 0.2) is 0 Å². The van der Waals surface area contributed by atoms with Crippen LogP contribution in [-0.4, -0.2) is 4.98 Å². The van der Waals surface area contributed by atoms with E-state index in [1.54, 1.807) is 36.4 Å². The summed E-state index contributed by atoms with van der Waals surface area (Å²) in [5, 5.41) is 10.8. The molecule has 2 aromatic carbocycles. The molecule has 27 heavy (non-hydrogen) atoms. The van der Waals surface area contributed by atoms with Crippen molar-refractivity contribution in [3.05, 3.63) is 72.1 Å². The van der Waals surface area contributed by atoms with Crippen molar-refractivity contribution >= 4 is 69.6 Å². The maximum Gasteiger partial charge on any atom is 0.0785 e. The van der Waals surface area contributed by atoms with Crippen LogP contribution in [0.1, 0.15) is 5.56 Å². The van der Waals surface area contributed by atoms with E-state index >= 15 is 0 Å². The molecule has 0 radical (unpaired) electrons. The number of nitrogens with zero attached hydrogens (tertiary/aromatic N) is 2. The summed E-state index contributed by atoms with van der Waals surface area (Å²) in [4.78, 5) is 4.67. The summed E-state index contributed by atoms with van der Waals surface area (Å²) in [6.45, 7) is 0. The molecule has 0 aliphatic heterocycles. The van der Waals surface area contributed by atoms with Crippen LogP contribution in [0, 0.1) is 11.3 Å². The highest BCUT2D eigenvalue weighted by atomic mass is 35.5. The zero-order valence-corrected chi connectivity index (χ0v) is 17.9. The Bertz CT molecular complexity index is 1090. The minimum atomic E-state index is 0.147. The standard InChI is InChI=1S/C19H8Cl6N2/c20-12-4-2-10(15(22)17(12)24)14-6-1-9(7-8-26)19(27-14)11-3-5-13(21)18(25)16(11)23/h1-6H,7H2. The van der Waals surface area contributed by atoms with Gasteiger partial charge in [-0.15, -0.1) is 0 Å². The van der Waals surface area contributed by atoms with Gasteiger partial charge in [-0.1, -0.05) is 75.7 Å². The third-order valence-corrected chi connectivity index (χ3v) is 6.44. The second-order valence-corrected chi connectivity index (χ2v) is 7.81. The molecule has 136 valence electrons. The first-order chi connectivity index (χ1) is 12.8. The minimum absolute atomic E-state index is 0.147. The van der Waals surface area contributed by atoms with Crippen LogP contribution < -0.4 is 0 Å². The topological polar surface area (TPSA) is 36.7 Å². The molecule has 0 spiro atoms. The Morgan fingerprint density at radius 1 is 0.704 bits per heavy atom. The minimum Gasteiger partial charge on any atom is -0.247 e. The van der Waals surface area contributed by atoms with Crippen LogP contribution in [0.2, 0.25) is 30.1 Å². The maximum absolute atomic E-state index is 9.15. The highest BCUT2D eigenvalue weighted by Gasteiger charge is 2.18. The molecule has 1 heterocycles. The van der Waals surface area contributed by atoms with Crippen molar-refractivity contribution < 1.29 is 0 Å². The lowest BCUT2D eigenvalue weighted by Crippen LogP contribution is -1.97. The summed E-state index contributed by atoms with van der Waals surface area (Å²) < 4.78 is 0. The Labute approximate surface area is 186 Å². The van der Waals surface area contributed by atoms with Gasteiger partial charge in [-0.25, -0.2) is 4.98 Å². The van der Waals surface area contributed by atoms with E-state index < -0.39 is 0 Å². The van der Waals surface area contributed by atoms with Gasteiger partial charge in [0.25, 0.3) is 0 Å². The summed E-state index contributed by atoms with van der Waals surface area (Å²) >= 11 is 37.1. The highest BCUT2D eigenvalue weighted by molar-refractivity contribution is 6.49. The number of hydrogen-bond donors (Lipinski definition) is 0. The Morgan fingerprint density at radius 3 is 1.85 bits per heavy atom. The first-order valence-corrected chi connectivity index (χ1v) is 9.76. The Balaban J connectivity index is 2.26. The number of pyridine rings is 1. The molecule has 0 atom stereocenters. The molecule has 0 saturated heterocycles. The average molecular weight is 477 g/mol. The predicted octanol–water partition coefficient (Wildman–Crippen LogP) is 8.40. The summed E-state index contributed by atoms with van der Waals surface area (Å²) in [5.41, 5.74) is 2.93. The smallest absolute Gasteiger partial charge is 0.0785 e. The molecule has 0 N–H and O–H groups in total. The normalized spacial score (nSPS) is 10.7. The maximum atomic E-state index is 9.15. The van der Waals surface area contributed by atoms with Crippen LogP contribution in [0.4, 0.5) is 0 Å². The lowest BCUT2D eigenvalue weighted by Gasteiger charge is -2.13. The summed E-state index contributed by atoms with van der Waals surface area (Å²) in [6.07, 6.45) is 0.147. The SMILES string of the molecule is N#CCc1ccc(-c2ccc(Cl)c(Cl)c2Cl)nc1-c1ccc(Cl)c(Cl)c1Cl. The number of halogens is 6. The van der Waals surface area contributed by atoms with Gasteiger partial charge in [-0.2, -0.15) is 5.26 Å². The summed E-state index contributed by atoms with van der Waals surface area (Å²) in [5.74, 6) is 0. The largest absolute Gasteiger partial charge is 0.247 e. The van der Waals surface area contributed by atoms with Crippen LogP contribution in [-0.2, 0) is 6.42 Å². The molecule has 0 fully saturated rings. The monoisotopic (exact) mass is 474 g/mol. The molecule has 1 aromatic heterocycles.